The SMILES string of the molecule is CCC(C)OC(=O)c1ccc(N(C)C)c(S(N)(=O)=O)c1. The quantitative estimate of drug-likeness (QED) is 0.829. The van der Waals surface area contributed by atoms with Crippen molar-refractivity contribution < 1.29 is 17.9 Å². The maximum Gasteiger partial charge on any atom is 0.338 e. The second-order valence-electron chi connectivity index (χ2n) is 4.75. The average molecular weight is 300 g/mol. The maximum atomic E-state index is 11.9. The molecule has 2 N–H and O–H groups in total. The summed E-state index contributed by atoms with van der Waals surface area (Å²) < 4.78 is 28.4. The molecule has 0 aliphatic heterocycles. The van der Waals surface area contributed by atoms with E-state index in [1.54, 1.807) is 25.9 Å². The number of hydrogen-bond acceptors (Lipinski definition) is 5. The lowest BCUT2D eigenvalue weighted by Gasteiger charge is -2.17. The molecule has 20 heavy (non-hydrogen) atoms. The molecule has 1 atom stereocenters. The zero-order valence-electron chi connectivity index (χ0n) is 12.1. The molecule has 0 amide bonds. The van der Waals surface area contributed by atoms with Crippen LogP contribution in [0.2, 0.25) is 0 Å². The van der Waals surface area contributed by atoms with Crippen molar-refractivity contribution in [1.82, 2.24) is 0 Å². The Morgan fingerprint density at radius 3 is 2.45 bits per heavy atom. The molecule has 0 heterocycles. The normalized spacial score (nSPS) is 12.8. The van der Waals surface area contributed by atoms with E-state index in [4.69, 9.17) is 9.88 Å². The fraction of sp³-hybridized carbons (Fsp3) is 0.462. The van der Waals surface area contributed by atoms with Gasteiger partial charge in [0.25, 0.3) is 0 Å². The minimum atomic E-state index is -3.92. The molecule has 1 rings (SSSR count). The number of ether oxygens (including phenoxy) is 1. The first kappa shape index (κ1) is 16.5. The van der Waals surface area contributed by atoms with Crippen molar-refractivity contribution in [3.8, 4) is 0 Å². The Morgan fingerprint density at radius 2 is 2.00 bits per heavy atom. The molecule has 1 aromatic carbocycles. The van der Waals surface area contributed by atoms with E-state index < -0.39 is 16.0 Å². The van der Waals surface area contributed by atoms with Crippen LogP contribution in [0, 0.1) is 0 Å². The summed E-state index contributed by atoms with van der Waals surface area (Å²) in [5.74, 6) is -0.561. The maximum absolute atomic E-state index is 11.9. The Labute approximate surface area is 119 Å². The molecule has 0 spiro atoms. The van der Waals surface area contributed by atoms with Gasteiger partial charge in [-0.15, -0.1) is 0 Å². The Hall–Kier alpha value is -1.60. The molecule has 112 valence electrons. The van der Waals surface area contributed by atoms with Gasteiger partial charge in [-0.25, -0.2) is 18.4 Å². The number of anilines is 1. The van der Waals surface area contributed by atoms with Crippen molar-refractivity contribution in [3.05, 3.63) is 23.8 Å². The lowest BCUT2D eigenvalue weighted by Crippen LogP contribution is -2.20. The molecule has 0 saturated heterocycles. The summed E-state index contributed by atoms with van der Waals surface area (Å²) in [6.45, 7) is 3.66. The molecule has 1 aromatic rings. The van der Waals surface area contributed by atoms with Crippen molar-refractivity contribution in [2.75, 3.05) is 19.0 Å². The number of carbonyl (C=O) groups excluding carboxylic acids is 1. The topological polar surface area (TPSA) is 89.7 Å². The summed E-state index contributed by atoms with van der Waals surface area (Å²) in [5, 5.41) is 5.19. The molecule has 0 aliphatic rings. The first-order chi connectivity index (χ1) is 9.16. The summed E-state index contributed by atoms with van der Waals surface area (Å²) in [5.41, 5.74) is 0.590. The Bertz CT molecular complexity index is 596. The molecule has 6 nitrogen and oxygen atoms in total. The lowest BCUT2D eigenvalue weighted by atomic mass is 10.2. The van der Waals surface area contributed by atoms with Crippen molar-refractivity contribution >= 4 is 21.7 Å². The van der Waals surface area contributed by atoms with E-state index in [9.17, 15) is 13.2 Å². The van der Waals surface area contributed by atoms with Gasteiger partial charge in [0.15, 0.2) is 0 Å². The third-order valence-electron chi connectivity index (χ3n) is 2.87. The van der Waals surface area contributed by atoms with Gasteiger partial charge in [-0.3, -0.25) is 0 Å². The monoisotopic (exact) mass is 300 g/mol. The number of rotatable bonds is 5. The Balaban J connectivity index is 3.23. The number of primary sulfonamides is 1. The van der Waals surface area contributed by atoms with Gasteiger partial charge in [-0.2, -0.15) is 0 Å². The second-order valence-corrected chi connectivity index (χ2v) is 6.28. The summed E-state index contributed by atoms with van der Waals surface area (Å²) in [6.07, 6.45) is 0.456. The van der Waals surface area contributed by atoms with Crippen LogP contribution >= 0.6 is 0 Å². The van der Waals surface area contributed by atoms with Crippen molar-refractivity contribution in [3.63, 3.8) is 0 Å². The molecule has 0 radical (unpaired) electrons. The highest BCUT2D eigenvalue weighted by molar-refractivity contribution is 7.89. The fourth-order valence-corrected chi connectivity index (χ4v) is 2.41. The molecule has 0 bridgehead atoms. The van der Waals surface area contributed by atoms with Crippen LogP contribution in [-0.4, -0.2) is 34.6 Å². The fourth-order valence-electron chi connectivity index (χ4n) is 1.57. The number of hydrogen-bond donors (Lipinski definition) is 1. The van der Waals surface area contributed by atoms with Crippen molar-refractivity contribution in [2.45, 2.75) is 31.3 Å². The van der Waals surface area contributed by atoms with Crippen LogP contribution < -0.4 is 10.0 Å². The highest BCUT2D eigenvalue weighted by Crippen LogP contribution is 2.24. The summed E-state index contributed by atoms with van der Waals surface area (Å²) in [4.78, 5) is 13.4. The summed E-state index contributed by atoms with van der Waals surface area (Å²) in [7, 11) is -0.527. The molecule has 0 fully saturated rings. The van der Waals surface area contributed by atoms with E-state index in [1.165, 1.54) is 18.2 Å². The third-order valence-corrected chi connectivity index (χ3v) is 3.81. The van der Waals surface area contributed by atoms with E-state index >= 15 is 0 Å². The zero-order valence-corrected chi connectivity index (χ0v) is 12.9. The highest BCUT2D eigenvalue weighted by Gasteiger charge is 2.19. The van der Waals surface area contributed by atoms with Crippen LogP contribution in [0.3, 0.4) is 0 Å². The minimum absolute atomic E-state index is 0.0962. The smallest absolute Gasteiger partial charge is 0.338 e. The van der Waals surface area contributed by atoms with Gasteiger partial charge in [0.2, 0.25) is 10.0 Å². The third kappa shape index (κ3) is 3.94. The van der Waals surface area contributed by atoms with Crippen LogP contribution in [0.5, 0.6) is 0 Å². The highest BCUT2D eigenvalue weighted by atomic mass is 32.2. The molecule has 0 aromatic heterocycles. The molecule has 7 heteroatoms. The Kier molecular flexibility index (Phi) is 5.13. The zero-order chi connectivity index (χ0) is 15.5. The van der Waals surface area contributed by atoms with Gasteiger partial charge in [-0.05, 0) is 31.5 Å². The average Bonchev–Trinajstić information content (AvgIpc) is 2.36. The second kappa shape index (κ2) is 6.23. The molecule has 0 saturated carbocycles. The van der Waals surface area contributed by atoms with Gasteiger partial charge in [0, 0.05) is 14.1 Å². The van der Waals surface area contributed by atoms with Crippen LogP contribution in [0.15, 0.2) is 23.1 Å². The summed E-state index contributed by atoms with van der Waals surface area (Å²) in [6, 6.07) is 4.30. The van der Waals surface area contributed by atoms with E-state index in [-0.39, 0.29) is 16.6 Å². The number of nitrogens with two attached hydrogens (primary N) is 1. The molecule has 1 unspecified atom stereocenters. The number of nitrogens with zero attached hydrogens (tertiary/aromatic N) is 1. The van der Waals surface area contributed by atoms with Crippen LogP contribution in [0.25, 0.3) is 0 Å². The first-order valence-electron chi connectivity index (χ1n) is 6.22. The van der Waals surface area contributed by atoms with E-state index in [0.29, 0.717) is 12.1 Å². The number of carbonyl (C=O) groups is 1. The molecule has 0 aliphatic carbocycles. The van der Waals surface area contributed by atoms with Crippen LogP contribution in [-0.2, 0) is 14.8 Å². The van der Waals surface area contributed by atoms with Crippen molar-refractivity contribution in [1.29, 1.82) is 0 Å². The summed E-state index contributed by atoms with van der Waals surface area (Å²) >= 11 is 0. The molecular weight excluding hydrogens is 280 g/mol. The number of esters is 1. The minimum Gasteiger partial charge on any atom is -0.459 e. The standard InChI is InChI=1S/C13H20N2O4S/c1-5-9(2)19-13(16)10-6-7-11(15(3)4)12(8-10)20(14,17)18/h6-9H,5H2,1-4H3,(H2,14,17,18). The Morgan fingerprint density at radius 1 is 1.40 bits per heavy atom. The largest absolute Gasteiger partial charge is 0.459 e. The van der Waals surface area contributed by atoms with E-state index in [0.717, 1.165) is 0 Å². The van der Waals surface area contributed by atoms with Gasteiger partial charge >= 0.3 is 5.97 Å². The lowest BCUT2D eigenvalue weighted by molar-refractivity contribution is 0.0334. The van der Waals surface area contributed by atoms with E-state index in [2.05, 4.69) is 0 Å². The van der Waals surface area contributed by atoms with Gasteiger partial charge in [0.1, 0.15) is 4.90 Å². The van der Waals surface area contributed by atoms with Gasteiger partial charge < -0.3 is 9.64 Å². The van der Waals surface area contributed by atoms with Gasteiger partial charge in [0.05, 0.1) is 17.4 Å². The van der Waals surface area contributed by atoms with E-state index in [1.807, 2.05) is 6.92 Å². The number of sulfonamides is 1. The van der Waals surface area contributed by atoms with Crippen molar-refractivity contribution in [2.24, 2.45) is 5.14 Å². The molecular formula is C13H20N2O4S. The number of benzene rings is 1. The van der Waals surface area contributed by atoms with Crippen LogP contribution in [0.1, 0.15) is 30.6 Å². The first-order valence-corrected chi connectivity index (χ1v) is 7.76. The van der Waals surface area contributed by atoms with Gasteiger partial charge in [-0.1, -0.05) is 6.92 Å². The predicted octanol–water partition coefficient (Wildman–Crippen LogP) is 1.36. The van der Waals surface area contributed by atoms with Crippen LogP contribution in [0.4, 0.5) is 5.69 Å². The predicted molar refractivity (Wildman–Crippen MR) is 77.3 cm³/mol.